The molecule has 1 saturated heterocycles. The maximum Gasteiger partial charge on any atom is 2.00 e. The number of aromatic nitrogens is 2. The van der Waals surface area contributed by atoms with Crippen LogP contribution >= 0.6 is 0 Å². The van der Waals surface area contributed by atoms with Crippen molar-refractivity contribution < 1.29 is 23.9 Å². The molecule has 10 heteroatoms. The second kappa shape index (κ2) is 19.9. The predicted molar refractivity (Wildman–Crippen MR) is 242 cm³/mol. The molecule has 2 aromatic rings. The molecule has 0 spiro atoms. The summed E-state index contributed by atoms with van der Waals surface area (Å²) in [6, 6.07) is -0.627. The number of carbonyl (C=O) groups excluding carboxylic acids is 3. The summed E-state index contributed by atoms with van der Waals surface area (Å²) in [6.45, 7) is 25.1. The summed E-state index contributed by atoms with van der Waals surface area (Å²) in [6.07, 6.45) is 19.4. The molecule has 1 unspecified atom stereocenters. The maximum atomic E-state index is 14.3. The number of fused-ring (bicyclic) bond motifs is 8. The number of esters is 2. The van der Waals surface area contributed by atoms with Gasteiger partial charge in [0.05, 0.1) is 7.11 Å². The summed E-state index contributed by atoms with van der Waals surface area (Å²) in [5, 5.41) is 11.5. The van der Waals surface area contributed by atoms with Crippen molar-refractivity contribution in [3.8, 4) is 0 Å². The number of methoxy groups -OCH3 is 1. The van der Waals surface area contributed by atoms with Crippen LogP contribution in [0.15, 0.2) is 57.6 Å². The zero-order valence-corrected chi connectivity index (χ0v) is 38.6. The minimum absolute atomic E-state index is 0. The van der Waals surface area contributed by atoms with Crippen molar-refractivity contribution in [3.63, 3.8) is 0 Å². The Morgan fingerprint density at radius 3 is 2.23 bits per heavy atom. The van der Waals surface area contributed by atoms with E-state index in [9.17, 15) is 14.4 Å². The van der Waals surface area contributed by atoms with Crippen LogP contribution in [0.2, 0.25) is 0 Å². The normalized spacial score (nSPS) is 24.3. The van der Waals surface area contributed by atoms with Crippen molar-refractivity contribution >= 4 is 70.7 Å². The Morgan fingerprint density at radius 1 is 0.883 bits per heavy atom. The van der Waals surface area contributed by atoms with Crippen LogP contribution < -0.4 is 20.7 Å². The van der Waals surface area contributed by atoms with Gasteiger partial charge in [-0.05, 0) is 97.0 Å². The number of allylic oxidation sites excluding steroid dienone is 8. The van der Waals surface area contributed by atoms with Crippen molar-refractivity contribution in [2.75, 3.05) is 13.7 Å². The van der Waals surface area contributed by atoms with Gasteiger partial charge in [-0.3, -0.25) is 21.0 Å². The van der Waals surface area contributed by atoms with Crippen molar-refractivity contribution in [2.24, 2.45) is 23.7 Å². The van der Waals surface area contributed by atoms with E-state index >= 15 is 0 Å². The van der Waals surface area contributed by atoms with E-state index in [2.05, 4.69) is 60.6 Å². The molecule has 0 radical (unpaired) electrons. The molecule has 6 rings (SSSR count). The van der Waals surface area contributed by atoms with E-state index in [0.29, 0.717) is 33.8 Å². The number of ketones is 1. The Balaban J connectivity index is 0.00000683. The van der Waals surface area contributed by atoms with Crippen LogP contribution in [-0.2, 0) is 19.1 Å². The monoisotopic (exact) mass is 819 g/mol. The van der Waals surface area contributed by atoms with Gasteiger partial charge < -0.3 is 30.1 Å². The van der Waals surface area contributed by atoms with E-state index in [1.165, 1.54) is 23.8 Å². The van der Waals surface area contributed by atoms with E-state index in [4.69, 9.17) is 36.7 Å². The molecule has 314 valence electrons. The molecule has 5 atom stereocenters. The van der Waals surface area contributed by atoms with Gasteiger partial charge in [0.2, 0.25) is 0 Å². The fraction of sp³-hybridized carbons (Fsp3) is 0.460. The van der Waals surface area contributed by atoms with Gasteiger partial charge >= 0.3 is 35.0 Å². The number of rotatable bonds is 14. The summed E-state index contributed by atoms with van der Waals surface area (Å²) in [5.41, 5.74) is 12.3. The predicted octanol–water partition coefficient (Wildman–Crippen LogP) is 9.03. The average Bonchev–Trinajstić information content (AvgIpc) is 3.94. The van der Waals surface area contributed by atoms with Crippen molar-refractivity contribution in [1.82, 2.24) is 9.97 Å². The molecule has 1 aliphatic carbocycles. The summed E-state index contributed by atoms with van der Waals surface area (Å²) in [7, 11) is 1.29. The number of nitrogens with zero attached hydrogens (tertiary/aromatic N) is 4. The van der Waals surface area contributed by atoms with Crippen LogP contribution in [-0.4, -0.2) is 60.5 Å². The minimum atomic E-state index is -1.19. The molecule has 8 bridgehead atoms. The second-order valence-corrected chi connectivity index (χ2v) is 16.8. The van der Waals surface area contributed by atoms with Gasteiger partial charge in [0.25, 0.3) is 0 Å². The fourth-order valence-corrected chi connectivity index (χ4v) is 8.97. The molecule has 0 saturated carbocycles. The molecule has 5 heterocycles. The summed E-state index contributed by atoms with van der Waals surface area (Å²) >= 11 is 0. The molecule has 3 aliphatic heterocycles. The van der Waals surface area contributed by atoms with Crippen molar-refractivity contribution in [3.05, 3.63) is 119 Å². The van der Waals surface area contributed by atoms with Crippen LogP contribution in [0.3, 0.4) is 0 Å². The van der Waals surface area contributed by atoms with Gasteiger partial charge in [-0.1, -0.05) is 91.5 Å². The van der Waals surface area contributed by atoms with Gasteiger partial charge in [0, 0.05) is 12.0 Å². The molecule has 0 aromatic carbocycles. The SMILES string of the molecule is [CH-]=Cc1c2[n-]c(c1C)/C=C1\[N-]C(C3=c4[n-]/c(c(C)c4C(=O)[C@H]3C(=O)OC)=C\C3=C(CC)[C@@H](C)/C(=C/2)[N-]3)[C@@H](CCC(=O)OC/C=C(/C)CC/C=C(/C)CCC=C(C)C)[C@@H]1C.[Mg+2]. The van der Waals surface area contributed by atoms with Gasteiger partial charge in [-0.15, -0.1) is 28.0 Å². The summed E-state index contributed by atoms with van der Waals surface area (Å²) in [5.74, 6) is -2.87. The van der Waals surface area contributed by atoms with Crippen LogP contribution in [0.4, 0.5) is 0 Å². The molecule has 4 aliphatic rings. The van der Waals surface area contributed by atoms with Crippen molar-refractivity contribution in [2.45, 2.75) is 113 Å². The Bertz CT molecular complexity index is 2360. The molecular weight excluding hydrogens is 761 g/mol. The Morgan fingerprint density at radius 2 is 1.57 bits per heavy atom. The first-order chi connectivity index (χ1) is 28.2. The molecule has 1 fully saturated rings. The number of ether oxygens (including phenoxy) is 2. The van der Waals surface area contributed by atoms with Gasteiger partial charge in [-0.2, -0.15) is 22.7 Å². The third-order valence-corrected chi connectivity index (χ3v) is 12.6. The molecule has 2 aromatic heterocycles. The zero-order valence-electron chi connectivity index (χ0n) is 37.2. The molecular formula is C50H59MgN4O5-3. The van der Waals surface area contributed by atoms with E-state index < -0.39 is 17.9 Å². The summed E-state index contributed by atoms with van der Waals surface area (Å²) in [4.78, 5) is 51.3. The third kappa shape index (κ3) is 9.50. The standard InChI is InChI=1S/C50H59N4O5.Mg/c1-12-34-30(7)37-24-39-32(9)36(20-21-43(55)59-23-22-29(6)19-15-18-28(5)17-14-16-27(3)4)47(53-39)45-46(50(57)58-11)49(56)44-33(10)40(54-48(44)45)26-42-35(13-2)31(8)38(52-42)25-41(34)51-37;/h1,12,16,18,22,24-26,31-32,36,46-47H,13-15,17,19-21,23H2,2-11H3;/q-5;+2/b28-18-,29-22-,38-25-,39-24-,40-26-;/t31-,32+,36+,46+,47?;/m1./s1. The number of Topliss-reactive ketones (excluding diaryl/α,β-unsaturated/α-hetero) is 1. The quantitative estimate of drug-likeness (QED) is 0.0612. The molecule has 9 nitrogen and oxygen atoms in total. The molecule has 0 N–H and O–H groups in total. The fourth-order valence-electron chi connectivity index (χ4n) is 8.97. The second-order valence-electron chi connectivity index (χ2n) is 16.8. The van der Waals surface area contributed by atoms with Crippen LogP contribution in [0.1, 0.15) is 132 Å². The Hall–Kier alpha value is -4.54. The molecule has 60 heavy (non-hydrogen) atoms. The van der Waals surface area contributed by atoms with Crippen LogP contribution in [0.25, 0.3) is 40.5 Å². The first-order valence-corrected chi connectivity index (χ1v) is 21.1. The van der Waals surface area contributed by atoms with Crippen LogP contribution in [0, 0.1) is 44.1 Å². The first kappa shape index (κ1) is 46.5. The minimum Gasteiger partial charge on any atom is -0.681 e. The maximum absolute atomic E-state index is 14.3. The number of hydrogen-bond donors (Lipinski definition) is 0. The Labute approximate surface area is 372 Å². The van der Waals surface area contributed by atoms with Gasteiger partial charge in [-0.25, -0.2) is 11.8 Å². The Kier molecular flexibility index (Phi) is 15.4. The molecule has 0 amide bonds. The van der Waals surface area contributed by atoms with Gasteiger partial charge in [0.1, 0.15) is 12.5 Å². The largest absolute Gasteiger partial charge is 2.00 e. The van der Waals surface area contributed by atoms with E-state index in [0.717, 1.165) is 77.3 Å². The van der Waals surface area contributed by atoms with E-state index in [-0.39, 0.29) is 65.6 Å². The number of hydrogen-bond acceptors (Lipinski definition) is 5. The average molecular weight is 820 g/mol. The van der Waals surface area contributed by atoms with Gasteiger partial charge in [0.15, 0.2) is 5.78 Å². The van der Waals surface area contributed by atoms with Crippen LogP contribution in [0.5, 0.6) is 0 Å². The summed E-state index contributed by atoms with van der Waals surface area (Å²) < 4.78 is 11.0. The van der Waals surface area contributed by atoms with E-state index in [1.807, 2.05) is 38.2 Å². The van der Waals surface area contributed by atoms with Crippen molar-refractivity contribution in [1.29, 1.82) is 0 Å². The van der Waals surface area contributed by atoms with E-state index in [1.54, 1.807) is 6.08 Å². The smallest absolute Gasteiger partial charge is 0.681 e. The zero-order chi connectivity index (χ0) is 42.7. The topological polar surface area (TPSA) is 126 Å². The first-order valence-electron chi connectivity index (χ1n) is 21.1. The number of carbonyl (C=O) groups is 3. The third-order valence-electron chi connectivity index (χ3n) is 12.6.